The third-order valence-corrected chi connectivity index (χ3v) is 10.1. The van der Waals surface area contributed by atoms with Gasteiger partial charge in [0.05, 0.1) is 71.9 Å². The summed E-state index contributed by atoms with van der Waals surface area (Å²) in [6.45, 7) is 2.07. The summed E-state index contributed by atoms with van der Waals surface area (Å²) in [5, 5.41) is 10.2. The molecule has 4 aliphatic heterocycles. The van der Waals surface area contributed by atoms with Crippen LogP contribution in [-0.4, -0.2) is 91.5 Å². The topological polar surface area (TPSA) is 85.8 Å². The van der Waals surface area contributed by atoms with E-state index < -0.39 is 24.1 Å². The zero-order chi connectivity index (χ0) is 33.7. The molecule has 14 heteroatoms. The number of ether oxygens (including phenoxy) is 2. The van der Waals surface area contributed by atoms with Crippen LogP contribution in [0.1, 0.15) is 45.5 Å². The number of amides is 1. The number of carboxylic acid groups (broad SMARTS) is 1. The molecule has 0 radical (unpaired) electrons. The maximum Gasteiger partial charge on any atom is 0.337 e. The number of morpholine rings is 1. The molecule has 0 saturated carbocycles. The van der Waals surface area contributed by atoms with E-state index in [0.29, 0.717) is 61.0 Å². The van der Waals surface area contributed by atoms with Crippen molar-refractivity contribution in [1.29, 1.82) is 0 Å². The zero-order valence-electron chi connectivity index (χ0n) is 25.8. The minimum Gasteiger partial charge on any atom is -0.478 e. The number of nitrogens with zero attached hydrogens (tertiary/aromatic N) is 4. The second-order valence-electron chi connectivity index (χ2n) is 12.6. The smallest absolute Gasteiger partial charge is 0.337 e. The molecule has 2 atom stereocenters. The van der Waals surface area contributed by atoms with E-state index in [-0.39, 0.29) is 65.3 Å². The van der Waals surface area contributed by atoms with Crippen molar-refractivity contribution in [1.82, 2.24) is 9.80 Å². The van der Waals surface area contributed by atoms with Crippen LogP contribution in [0.15, 0.2) is 42.5 Å². The van der Waals surface area contributed by atoms with Crippen molar-refractivity contribution >= 4 is 46.5 Å². The van der Waals surface area contributed by atoms with E-state index in [1.807, 2.05) is 4.90 Å². The Morgan fingerprint density at radius 2 is 1.73 bits per heavy atom. The van der Waals surface area contributed by atoms with Crippen LogP contribution in [-0.2, 0) is 11.3 Å². The number of carbonyl (C=O) groups is 2. The van der Waals surface area contributed by atoms with Gasteiger partial charge in [-0.3, -0.25) is 9.69 Å². The number of hydrogen-bond donors (Lipinski definition) is 1. The highest BCUT2D eigenvalue weighted by atomic mass is 35.5. The Kier molecular flexibility index (Phi) is 9.10. The molecule has 0 aliphatic carbocycles. The number of fused-ring (bicyclic) bond motifs is 3. The Bertz CT molecular complexity index is 1720. The number of alkyl halides is 2. The molecule has 2 unspecified atom stereocenters. The second-order valence-corrected chi connectivity index (χ2v) is 13.4. The fraction of sp³-hybridized carbons (Fsp3) is 0.412. The normalized spacial score (nSPS) is 21.0. The predicted molar refractivity (Wildman–Crippen MR) is 175 cm³/mol. The number of rotatable bonds is 7. The van der Waals surface area contributed by atoms with Gasteiger partial charge in [0, 0.05) is 35.5 Å². The first-order chi connectivity index (χ1) is 23.1. The molecule has 48 heavy (non-hydrogen) atoms. The van der Waals surface area contributed by atoms with Crippen molar-refractivity contribution in [2.75, 3.05) is 56.0 Å². The van der Waals surface area contributed by atoms with Gasteiger partial charge in [0.2, 0.25) is 0 Å². The minimum atomic E-state index is -2.44. The molecule has 4 heterocycles. The van der Waals surface area contributed by atoms with Gasteiger partial charge in [-0.2, -0.15) is 0 Å². The van der Waals surface area contributed by atoms with E-state index >= 15 is 4.39 Å². The molecule has 3 fully saturated rings. The first-order valence-electron chi connectivity index (χ1n) is 15.8. The molecule has 2 bridgehead atoms. The van der Waals surface area contributed by atoms with Crippen LogP contribution < -0.4 is 14.5 Å². The quantitative estimate of drug-likeness (QED) is 0.295. The molecular formula is C34H33Cl2F3N4O5. The predicted octanol–water partition coefficient (Wildman–Crippen LogP) is 6.59. The third-order valence-electron chi connectivity index (χ3n) is 9.51. The number of anilines is 2. The van der Waals surface area contributed by atoms with Crippen LogP contribution in [0, 0.1) is 5.82 Å². The second kappa shape index (κ2) is 13.3. The van der Waals surface area contributed by atoms with E-state index in [1.54, 1.807) is 41.3 Å². The SMILES string of the molecule is O=C(O)c1cc(F)c(-c2cccc3c2OCN(C(=O)c2c(Cl)cc(N4CCCN(CC(F)F)C4)cc2Cl)C3)cc1N1C2CCC1COC2. The Morgan fingerprint density at radius 3 is 2.42 bits per heavy atom. The summed E-state index contributed by atoms with van der Waals surface area (Å²) in [6.07, 6.45) is -0.0273. The maximum absolute atomic E-state index is 15.7. The summed E-state index contributed by atoms with van der Waals surface area (Å²) < 4.78 is 53.4. The Hall–Kier alpha value is -3.71. The van der Waals surface area contributed by atoms with Gasteiger partial charge in [0.1, 0.15) is 11.6 Å². The molecule has 3 saturated heterocycles. The van der Waals surface area contributed by atoms with Crippen molar-refractivity contribution in [2.45, 2.75) is 44.3 Å². The number of halogens is 5. The zero-order valence-corrected chi connectivity index (χ0v) is 27.3. The standard InChI is InChI=1S/C34H33Cl2F3N4O5/c35-26-9-22(41-8-2-7-40(17-41)14-30(38)39)10-27(36)31(26)33(44)42-13-19-3-1-4-23(32(19)48-18-42)24-12-29(25(34(45)46)11-28(24)37)43-20-5-6-21(43)16-47-15-20/h1,3-4,9-12,20-21,30H,2,5-8,13-18H2,(H,45,46). The number of carbonyl (C=O) groups excluding carboxylic acids is 1. The van der Waals surface area contributed by atoms with E-state index in [0.717, 1.165) is 18.9 Å². The monoisotopic (exact) mass is 704 g/mol. The van der Waals surface area contributed by atoms with Crippen LogP contribution in [0.4, 0.5) is 24.5 Å². The van der Waals surface area contributed by atoms with Crippen molar-refractivity contribution < 1.29 is 37.3 Å². The molecule has 1 N–H and O–H groups in total. The largest absolute Gasteiger partial charge is 0.478 e. The summed E-state index contributed by atoms with van der Waals surface area (Å²) in [6, 6.07) is 11.1. The van der Waals surface area contributed by atoms with Crippen LogP contribution in [0.2, 0.25) is 10.0 Å². The van der Waals surface area contributed by atoms with Crippen molar-refractivity contribution in [3.05, 3.63) is 75.0 Å². The number of para-hydroxylation sites is 1. The average molecular weight is 706 g/mol. The minimum absolute atomic E-state index is 0.00779. The molecular weight excluding hydrogens is 672 g/mol. The van der Waals surface area contributed by atoms with E-state index in [1.165, 1.54) is 4.90 Å². The number of aromatic carboxylic acids is 1. The number of hydrogen-bond acceptors (Lipinski definition) is 7. The molecule has 3 aromatic rings. The molecule has 9 nitrogen and oxygen atoms in total. The highest BCUT2D eigenvalue weighted by Gasteiger charge is 2.40. The molecule has 0 aromatic heterocycles. The van der Waals surface area contributed by atoms with E-state index in [9.17, 15) is 23.5 Å². The van der Waals surface area contributed by atoms with Crippen LogP contribution in [0.5, 0.6) is 5.75 Å². The summed E-state index contributed by atoms with van der Waals surface area (Å²) in [5.41, 5.74) is 2.32. The number of benzene rings is 3. The summed E-state index contributed by atoms with van der Waals surface area (Å²) in [5.74, 6) is -1.98. The fourth-order valence-corrected chi connectivity index (χ4v) is 7.96. The molecule has 7 rings (SSSR count). The van der Waals surface area contributed by atoms with Gasteiger partial charge in [0.15, 0.2) is 6.73 Å². The van der Waals surface area contributed by atoms with E-state index in [2.05, 4.69) is 4.90 Å². The lowest BCUT2D eigenvalue weighted by atomic mass is 9.96. The van der Waals surface area contributed by atoms with Crippen molar-refractivity contribution in [3.63, 3.8) is 0 Å². The van der Waals surface area contributed by atoms with Crippen molar-refractivity contribution in [3.8, 4) is 16.9 Å². The lowest BCUT2D eigenvalue weighted by molar-refractivity contribution is 0.0515. The average Bonchev–Trinajstić information content (AvgIpc) is 3.30. The van der Waals surface area contributed by atoms with Crippen LogP contribution >= 0.6 is 23.2 Å². The summed E-state index contributed by atoms with van der Waals surface area (Å²) in [4.78, 5) is 33.0. The highest BCUT2D eigenvalue weighted by Crippen LogP contribution is 2.43. The van der Waals surface area contributed by atoms with Gasteiger partial charge in [-0.05, 0) is 43.5 Å². The molecule has 254 valence electrons. The van der Waals surface area contributed by atoms with E-state index in [4.69, 9.17) is 32.7 Å². The van der Waals surface area contributed by atoms with Gasteiger partial charge in [0.25, 0.3) is 12.3 Å². The van der Waals surface area contributed by atoms with Gasteiger partial charge in [-0.1, -0.05) is 41.4 Å². The molecule has 3 aromatic carbocycles. The molecule has 0 spiro atoms. The first kappa shape index (κ1) is 32.8. The van der Waals surface area contributed by atoms with Gasteiger partial charge in [-0.25, -0.2) is 18.0 Å². The Balaban J connectivity index is 1.14. The Labute approximate surface area is 285 Å². The summed E-state index contributed by atoms with van der Waals surface area (Å²) in [7, 11) is 0. The number of carboxylic acids is 1. The van der Waals surface area contributed by atoms with Gasteiger partial charge >= 0.3 is 5.97 Å². The highest BCUT2D eigenvalue weighted by molar-refractivity contribution is 6.40. The molecule has 4 aliphatic rings. The lowest BCUT2D eigenvalue weighted by Crippen LogP contribution is -2.46. The third kappa shape index (κ3) is 6.15. The lowest BCUT2D eigenvalue weighted by Gasteiger charge is -2.37. The molecule has 1 amide bonds. The van der Waals surface area contributed by atoms with Gasteiger partial charge in [-0.15, -0.1) is 0 Å². The van der Waals surface area contributed by atoms with Crippen LogP contribution in [0.25, 0.3) is 11.1 Å². The Morgan fingerprint density at radius 1 is 1.00 bits per heavy atom. The first-order valence-corrected chi connectivity index (χ1v) is 16.6. The van der Waals surface area contributed by atoms with Gasteiger partial charge < -0.3 is 29.3 Å². The van der Waals surface area contributed by atoms with Crippen molar-refractivity contribution in [2.24, 2.45) is 0 Å². The fourth-order valence-electron chi connectivity index (χ4n) is 7.32. The summed E-state index contributed by atoms with van der Waals surface area (Å²) >= 11 is 13.2. The maximum atomic E-state index is 15.7. The van der Waals surface area contributed by atoms with Crippen LogP contribution in [0.3, 0.4) is 0 Å².